The molecule has 0 aromatic heterocycles. The summed E-state index contributed by atoms with van der Waals surface area (Å²) in [7, 11) is 4.86. The summed E-state index contributed by atoms with van der Waals surface area (Å²) < 4.78 is 11.2. The highest BCUT2D eigenvalue weighted by Gasteiger charge is 2.17. The topological polar surface area (TPSA) is 59.0 Å². The lowest BCUT2D eigenvalue weighted by molar-refractivity contribution is 0.0791. The number of hydrogen-bond donors (Lipinski definition) is 1. The maximum absolute atomic E-state index is 12.4. The van der Waals surface area contributed by atoms with Crippen molar-refractivity contribution in [3.05, 3.63) is 22.2 Å². The predicted octanol–water partition coefficient (Wildman–Crippen LogP) is 2.70. The van der Waals surface area contributed by atoms with Crippen LogP contribution in [0.5, 0.6) is 11.5 Å². The van der Waals surface area contributed by atoms with Gasteiger partial charge >= 0.3 is 0 Å². The molecule has 0 saturated carbocycles. The molecular weight excluding hydrogens is 338 g/mol. The molecule has 0 aliphatic rings. The normalized spacial score (nSPS) is 10.3. The number of aliphatic hydroxyl groups is 1. The van der Waals surface area contributed by atoms with Crippen molar-refractivity contribution in [1.29, 1.82) is 0 Å². The van der Waals surface area contributed by atoms with E-state index in [1.165, 1.54) is 0 Å². The fourth-order valence-electron chi connectivity index (χ4n) is 1.95. The Hall–Kier alpha value is -1.27. The molecule has 0 fully saturated rings. The van der Waals surface area contributed by atoms with Gasteiger partial charge in [0.25, 0.3) is 5.91 Å². The first-order valence-electron chi connectivity index (χ1n) is 6.83. The lowest BCUT2D eigenvalue weighted by Gasteiger charge is -2.18. The molecule has 1 aromatic rings. The lowest BCUT2D eigenvalue weighted by atomic mass is 10.1. The number of hydrogen-bond acceptors (Lipinski definition) is 4. The fourth-order valence-corrected chi connectivity index (χ4v) is 2.50. The minimum Gasteiger partial charge on any atom is -0.495 e. The van der Waals surface area contributed by atoms with E-state index < -0.39 is 0 Å². The van der Waals surface area contributed by atoms with Gasteiger partial charge in [-0.15, -0.1) is 0 Å². The van der Waals surface area contributed by atoms with Gasteiger partial charge in [-0.2, -0.15) is 0 Å². The van der Waals surface area contributed by atoms with Crippen molar-refractivity contribution in [2.45, 2.75) is 19.3 Å². The molecule has 118 valence electrons. The molecule has 0 unspecified atom stereocenters. The molecule has 0 saturated heterocycles. The van der Waals surface area contributed by atoms with Gasteiger partial charge in [0.2, 0.25) is 0 Å². The summed E-state index contributed by atoms with van der Waals surface area (Å²) in [4.78, 5) is 14.1. The average Bonchev–Trinajstić information content (AvgIpc) is 2.50. The smallest absolute Gasteiger partial charge is 0.253 e. The number of unbranched alkanes of at least 4 members (excludes halogenated alkanes) is 2. The Morgan fingerprint density at radius 3 is 2.24 bits per heavy atom. The van der Waals surface area contributed by atoms with Crippen LogP contribution < -0.4 is 9.47 Å². The summed E-state index contributed by atoms with van der Waals surface area (Å²) >= 11 is 3.38. The highest BCUT2D eigenvalue weighted by atomic mass is 79.9. The monoisotopic (exact) mass is 359 g/mol. The predicted molar refractivity (Wildman–Crippen MR) is 85.1 cm³/mol. The SMILES string of the molecule is COc1cc(C(=O)N(C)CCCCCO)cc(OC)c1Br. The van der Waals surface area contributed by atoms with E-state index in [4.69, 9.17) is 14.6 Å². The van der Waals surface area contributed by atoms with Crippen molar-refractivity contribution in [1.82, 2.24) is 4.90 Å². The van der Waals surface area contributed by atoms with Crippen molar-refractivity contribution in [2.75, 3.05) is 34.4 Å². The van der Waals surface area contributed by atoms with Gasteiger partial charge in [-0.05, 0) is 47.3 Å². The molecule has 1 N–H and O–H groups in total. The van der Waals surface area contributed by atoms with Crippen LogP contribution in [-0.2, 0) is 0 Å². The second kappa shape index (κ2) is 8.89. The molecule has 0 heterocycles. The summed E-state index contributed by atoms with van der Waals surface area (Å²) in [5.74, 6) is 1.04. The Morgan fingerprint density at radius 2 is 1.76 bits per heavy atom. The standard InChI is InChI=1S/C15H22BrNO4/c1-17(7-5-4-6-8-18)15(19)11-9-12(20-2)14(16)13(10-11)21-3/h9-10,18H,4-8H2,1-3H3. The van der Waals surface area contributed by atoms with E-state index in [-0.39, 0.29) is 12.5 Å². The molecule has 0 aliphatic heterocycles. The zero-order valence-corrected chi connectivity index (χ0v) is 14.3. The molecule has 21 heavy (non-hydrogen) atoms. The van der Waals surface area contributed by atoms with Gasteiger partial charge in [-0.25, -0.2) is 0 Å². The Labute approximate surface area is 134 Å². The third-order valence-electron chi connectivity index (χ3n) is 3.19. The first kappa shape index (κ1) is 17.8. The van der Waals surface area contributed by atoms with E-state index in [0.29, 0.717) is 28.1 Å². The van der Waals surface area contributed by atoms with Gasteiger partial charge in [-0.1, -0.05) is 0 Å². The van der Waals surface area contributed by atoms with Crippen LogP contribution in [0.15, 0.2) is 16.6 Å². The fraction of sp³-hybridized carbons (Fsp3) is 0.533. The molecule has 1 aromatic carbocycles. The van der Waals surface area contributed by atoms with Gasteiger partial charge in [0, 0.05) is 25.8 Å². The van der Waals surface area contributed by atoms with Gasteiger partial charge < -0.3 is 19.5 Å². The van der Waals surface area contributed by atoms with Crippen molar-refractivity contribution < 1.29 is 19.4 Å². The van der Waals surface area contributed by atoms with Gasteiger partial charge in [0.1, 0.15) is 16.0 Å². The summed E-state index contributed by atoms with van der Waals surface area (Å²) in [6.07, 6.45) is 2.54. The van der Waals surface area contributed by atoms with Crippen LogP contribution in [0.1, 0.15) is 29.6 Å². The average molecular weight is 360 g/mol. The van der Waals surface area contributed by atoms with Crippen molar-refractivity contribution in [2.24, 2.45) is 0 Å². The second-order valence-electron chi connectivity index (χ2n) is 4.71. The molecular formula is C15H22BrNO4. The van der Waals surface area contributed by atoms with E-state index in [0.717, 1.165) is 19.3 Å². The van der Waals surface area contributed by atoms with E-state index >= 15 is 0 Å². The van der Waals surface area contributed by atoms with E-state index in [2.05, 4.69) is 15.9 Å². The van der Waals surface area contributed by atoms with E-state index in [1.54, 1.807) is 38.3 Å². The number of benzene rings is 1. The van der Waals surface area contributed by atoms with Crippen LogP contribution >= 0.6 is 15.9 Å². The van der Waals surface area contributed by atoms with Crippen molar-refractivity contribution in [3.63, 3.8) is 0 Å². The van der Waals surface area contributed by atoms with Crippen LogP contribution in [0, 0.1) is 0 Å². The second-order valence-corrected chi connectivity index (χ2v) is 5.50. The number of amides is 1. The number of carbonyl (C=O) groups excluding carboxylic acids is 1. The molecule has 6 heteroatoms. The third kappa shape index (κ3) is 4.89. The largest absolute Gasteiger partial charge is 0.495 e. The Morgan fingerprint density at radius 1 is 1.19 bits per heavy atom. The number of rotatable bonds is 8. The maximum atomic E-state index is 12.4. The van der Waals surface area contributed by atoms with Crippen LogP contribution in [0.2, 0.25) is 0 Å². The number of halogens is 1. The van der Waals surface area contributed by atoms with Crippen LogP contribution in [-0.4, -0.2) is 50.3 Å². The molecule has 0 atom stereocenters. The number of aliphatic hydroxyl groups excluding tert-OH is 1. The first-order chi connectivity index (χ1) is 10.0. The van der Waals surface area contributed by atoms with Crippen molar-refractivity contribution in [3.8, 4) is 11.5 Å². The highest BCUT2D eigenvalue weighted by molar-refractivity contribution is 9.10. The van der Waals surface area contributed by atoms with Crippen LogP contribution in [0.4, 0.5) is 0 Å². The Bertz CT molecular complexity index is 454. The number of nitrogens with zero attached hydrogens (tertiary/aromatic N) is 1. The highest BCUT2D eigenvalue weighted by Crippen LogP contribution is 2.35. The molecule has 0 bridgehead atoms. The van der Waals surface area contributed by atoms with Crippen LogP contribution in [0.25, 0.3) is 0 Å². The zero-order chi connectivity index (χ0) is 15.8. The first-order valence-corrected chi connectivity index (χ1v) is 7.62. The summed E-state index contributed by atoms with van der Waals surface area (Å²) in [5.41, 5.74) is 0.525. The maximum Gasteiger partial charge on any atom is 0.253 e. The molecule has 5 nitrogen and oxygen atoms in total. The number of methoxy groups -OCH3 is 2. The van der Waals surface area contributed by atoms with Gasteiger partial charge in [-0.3, -0.25) is 4.79 Å². The molecule has 0 radical (unpaired) electrons. The number of carbonyl (C=O) groups is 1. The van der Waals surface area contributed by atoms with Gasteiger partial charge in [0.05, 0.1) is 14.2 Å². The van der Waals surface area contributed by atoms with Gasteiger partial charge in [0.15, 0.2) is 0 Å². The lowest BCUT2D eigenvalue weighted by Crippen LogP contribution is -2.27. The molecule has 1 rings (SSSR count). The van der Waals surface area contributed by atoms with E-state index in [1.807, 2.05) is 0 Å². The zero-order valence-electron chi connectivity index (χ0n) is 12.7. The summed E-state index contributed by atoms with van der Waals surface area (Å²) in [6.45, 7) is 0.846. The third-order valence-corrected chi connectivity index (χ3v) is 3.97. The molecule has 0 spiro atoms. The number of ether oxygens (including phenoxy) is 2. The quantitative estimate of drug-likeness (QED) is 0.725. The minimum atomic E-state index is -0.0805. The van der Waals surface area contributed by atoms with Crippen LogP contribution in [0.3, 0.4) is 0 Å². The van der Waals surface area contributed by atoms with E-state index in [9.17, 15) is 4.79 Å². The summed E-state index contributed by atoms with van der Waals surface area (Å²) in [5, 5.41) is 8.75. The molecule has 1 amide bonds. The molecule has 0 aliphatic carbocycles. The Kier molecular flexibility index (Phi) is 7.53. The summed E-state index contributed by atoms with van der Waals surface area (Å²) in [6, 6.07) is 3.39. The van der Waals surface area contributed by atoms with Crippen molar-refractivity contribution >= 4 is 21.8 Å². The minimum absolute atomic E-state index is 0.0805. The Balaban J connectivity index is 2.81.